The zero-order valence-corrected chi connectivity index (χ0v) is 19.1. The van der Waals surface area contributed by atoms with Crippen molar-refractivity contribution in [1.29, 1.82) is 0 Å². The van der Waals surface area contributed by atoms with E-state index in [1.54, 1.807) is 16.7 Å². The van der Waals surface area contributed by atoms with Gasteiger partial charge in [-0.1, -0.05) is 35.6 Å². The monoisotopic (exact) mass is 459 g/mol. The van der Waals surface area contributed by atoms with Gasteiger partial charge < -0.3 is 4.90 Å². The van der Waals surface area contributed by atoms with Gasteiger partial charge in [0.15, 0.2) is 0 Å². The normalized spacial score (nSPS) is 14.8. The molecule has 1 aliphatic heterocycles. The summed E-state index contributed by atoms with van der Waals surface area (Å²) in [5.41, 5.74) is 2.60. The summed E-state index contributed by atoms with van der Waals surface area (Å²) in [5.74, 6) is 0.183. The minimum Gasteiger partial charge on any atom is -0.338 e. The lowest BCUT2D eigenvalue weighted by Crippen LogP contribution is -2.24. The minimum atomic E-state index is -3.72. The second-order valence-electron chi connectivity index (χ2n) is 8.02. The Labute approximate surface area is 185 Å². The zero-order chi connectivity index (χ0) is 22.2. The van der Waals surface area contributed by atoms with E-state index in [2.05, 4.69) is 4.72 Å². The molecule has 1 N–H and O–H groups in total. The summed E-state index contributed by atoms with van der Waals surface area (Å²) in [4.78, 5) is 25.8. The van der Waals surface area contributed by atoms with Crippen LogP contribution in [0, 0.1) is 0 Å². The standard InChI is InChI=1S/C22H25N3O4S2/c1-15(2)25-19-10-9-18(12-20(19)30-22(25)27)31(28,29)23-13-16-5-7-17(8-6-16)14-24-11-3-4-21(24)26/h5-10,12,15,23H,3-4,11,13-14H2,1-2H3. The SMILES string of the molecule is CC(C)n1c(=O)sc2cc(S(=O)(=O)NCc3ccc(CN4CCCC4=O)cc3)ccc21. The van der Waals surface area contributed by atoms with E-state index in [1.165, 1.54) is 6.07 Å². The fourth-order valence-electron chi connectivity index (χ4n) is 3.79. The number of carbonyl (C=O) groups excluding carboxylic acids is 1. The van der Waals surface area contributed by atoms with Crippen LogP contribution in [0.5, 0.6) is 0 Å². The summed E-state index contributed by atoms with van der Waals surface area (Å²) in [6.45, 7) is 5.39. The number of thiazole rings is 1. The first-order valence-corrected chi connectivity index (χ1v) is 12.5. The summed E-state index contributed by atoms with van der Waals surface area (Å²) in [7, 11) is -3.72. The van der Waals surface area contributed by atoms with Crippen molar-refractivity contribution in [3.05, 3.63) is 63.3 Å². The molecule has 7 nitrogen and oxygen atoms in total. The van der Waals surface area contributed by atoms with E-state index < -0.39 is 10.0 Å². The Kier molecular flexibility index (Phi) is 6.00. The largest absolute Gasteiger partial charge is 0.338 e. The molecule has 0 saturated carbocycles. The number of fused-ring (bicyclic) bond motifs is 1. The van der Waals surface area contributed by atoms with Crippen molar-refractivity contribution < 1.29 is 13.2 Å². The summed E-state index contributed by atoms with van der Waals surface area (Å²) in [6, 6.07) is 12.4. The molecule has 0 atom stereocenters. The van der Waals surface area contributed by atoms with Gasteiger partial charge in [0.2, 0.25) is 15.9 Å². The topological polar surface area (TPSA) is 88.5 Å². The average molecular weight is 460 g/mol. The van der Waals surface area contributed by atoms with Gasteiger partial charge in [0.25, 0.3) is 0 Å². The van der Waals surface area contributed by atoms with E-state index in [0.717, 1.165) is 40.9 Å². The highest BCUT2D eigenvalue weighted by atomic mass is 32.2. The highest BCUT2D eigenvalue weighted by Crippen LogP contribution is 2.24. The van der Waals surface area contributed by atoms with Crippen molar-refractivity contribution in [3.8, 4) is 0 Å². The molecular formula is C22H25N3O4S2. The molecule has 2 aromatic carbocycles. The Morgan fingerprint density at radius 2 is 1.77 bits per heavy atom. The molecule has 0 radical (unpaired) electrons. The molecule has 4 rings (SSSR count). The predicted octanol–water partition coefficient (Wildman–Crippen LogP) is 3.24. The Hall–Kier alpha value is -2.49. The summed E-state index contributed by atoms with van der Waals surface area (Å²) >= 11 is 1.05. The van der Waals surface area contributed by atoms with Crippen LogP contribution in [0.1, 0.15) is 43.9 Å². The third-order valence-electron chi connectivity index (χ3n) is 5.45. The quantitative estimate of drug-likeness (QED) is 0.587. The van der Waals surface area contributed by atoms with Crippen molar-refractivity contribution in [2.75, 3.05) is 6.54 Å². The van der Waals surface area contributed by atoms with Crippen molar-refractivity contribution >= 4 is 37.5 Å². The number of amides is 1. The molecule has 1 aromatic heterocycles. The molecule has 1 saturated heterocycles. The van der Waals surface area contributed by atoms with Gasteiger partial charge in [-0.3, -0.25) is 14.2 Å². The molecule has 0 aliphatic carbocycles. The number of likely N-dealkylation sites (tertiary alicyclic amines) is 1. The highest BCUT2D eigenvalue weighted by molar-refractivity contribution is 7.89. The molecule has 2 heterocycles. The fourth-order valence-corrected chi connectivity index (χ4v) is 5.96. The molecular weight excluding hydrogens is 434 g/mol. The smallest absolute Gasteiger partial charge is 0.308 e. The Morgan fingerprint density at radius 1 is 1.06 bits per heavy atom. The Bertz CT molecular complexity index is 1270. The molecule has 3 aromatic rings. The van der Waals surface area contributed by atoms with Gasteiger partial charge in [0.05, 0.1) is 15.1 Å². The molecule has 1 aliphatic rings. The lowest BCUT2D eigenvalue weighted by Gasteiger charge is -2.15. The number of sulfonamides is 1. The predicted molar refractivity (Wildman–Crippen MR) is 122 cm³/mol. The van der Waals surface area contributed by atoms with Gasteiger partial charge >= 0.3 is 4.87 Å². The second kappa shape index (κ2) is 8.57. The number of carbonyl (C=O) groups is 1. The van der Waals surface area contributed by atoms with Crippen LogP contribution in [-0.2, 0) is 27.9 Å². The fraction of sp³-hybridized carbons (Fsp3) is 0.364. The van der Waals surface area contributed by atoms with Gasteiger partial charge in [0, 0.05) is 32.1 Å². The van der Waals surface area contributed by atoms with Crippen LogP contribution in [0.15, 0.2) is 52.2 Å². The van der Waals surface area contributed by atoms with E-state index in [-0.39, 0.29) is 28.3 Å². The molecule has 31 heavy (non-hydrogen) atoms. The second-order valence-corrected chi connectivity index (χ2v) is 10.8. The summed E-state index contributed by atoms with van der Waals surface area (Å²) in [5, 5.41) is 0. The van der Waals surface area contributed by atoms with E-state index in [1.807, 2.05) is 43.0 Å². The van der Waals surface area contributed by atoms with Crippen molar-refractivity contribution in [3.63, 3.8) is 0 Å². The number of benzene rings is 2. The molecule has 0 bridgehead atoms. The van der Waals surface area contributed by atoms with Crippen LogP contribution in [0.3, 0.4) is 0 Å². The zero-order valence-electron chi connectivity index (χ0n) is 17.5. The molecule has 9 heteroatoms. The number of hydrogen-bond acceptors (Lipinski definition) is 5. The van der Waals surface area contributed by atoms with Crippen molar-refractivity contribution in [2.24, 2.45) is 0 Å². The summed E-state index contributed by atoms with van der Waals surface area (Å²) in [6.07, 6.45) is 1.52. The number of hydrogen-bond donors (Lipinski definition) is 1. The van der Waals surface area contributed by atoms with Gasteiger partial charge in [0.1, 0.15) is 0 Å². The number of aromatic nitrogens is 1. The lowest BCUT2D eigenvalue weighted by atomic mass is 10.1. The van der Waals surface area contributed by atoms with Crippen molar-refractivity contribution in [1.82, 2.24) is 14.2 Å². The van der Waals surface area contributed by atoms with Crippen LogP contribution in [0.4, 0.5) is 0 Å². The Morgan fingerprint density at radius 3 is 2.42 bits per heavy atom. The van der Waals surface area contributed by atoms with E-state index >= 15 is 0 Å². The maximum Gasteiger partial charge on any atom is 0.308 e. The van der Waals surface area contributed by atoms with Gasteiger partial charge in [-0.25, -0.2) is 13.1 Å². The maximum atomic E-state index is 12.8. The molecule has 1 amide bonds. The first-order valence-electron chi connectivity index (χ1n) is 10.2. The third kappa shape index (κ3) is 4.58. The van der Waals surface area contributed by atoms with Gasteiger partial charge in [-0.2, -0.15) is 0 Å². The van der Waals surface area contributed by atoms with Crippen LogP contribution in [-0.4, -0.2) is 30.3 Å². The Balaban J connectivity index is 1.45. The van der Waals surface area contributed by atoms with Crippen LogP contribution in [0.2, 0.25) is 0 Å². The van der Waals surface area contributed by atoms with Crippen LogP contribution in [0.25, 0.3) is 10.2 Å². The van der Waals surface area contributed by atoms with Crippen LogP contribution >= 0.6 is 11.3 Å². The number of nitrogens with one attached hydrogen (secondary N) is 1. The van der Waals surface area contributed by atoms with Crippen molar-refractivity contribution in [2.45, 2.75) is 50.7 Å². The molecule has 1 fully saturated rings. The molecule has 164 valence electrons. The van der Waals surface area contributed by atoms with Gasteiger partial charge in [-0.05, 0) is 49.6 Å². The van der Waals surface area contributed by atoms with Crippen LogP contribution < -0.4 is 9.60 Å². The first-order chi connectivity index (χ1) is 14.7. The third-order valence-corrected chi connectivity index (χ3v) is 7.76. The number of rotatable bonds is 7. The minimum absolute atomic E-state index is 0.00777. The average Bonchev–Trinajstić information content (AvgIpc) is 3.28. The highest BCUT2D eigenvalue weighted by Gasteiger charge is 2.20. The lowest BCUT2D eigenvalue weighted by molar-refractivity contribution is -0.128. The molecule has 0 spiro atoms. The van der Waals surface area contributed by atoms with E-state index in [9.17, 15) is 18.0 Å². The summed E-state index contributed by atoms with van der Waals surface area (Å²) < 4.78 is 30.5. The molecule has 0 unspecified atom stereocenters. The van der Waals surface area contributed by atoms with Gasteiger partial charge in [-0.15, -0.1) is 0 Å². The van der Waals surface area contributed by atoms with E-state index in [0.29, 0.717) is 17.7 Å². The maximum absolute atomic E-state index is 12.8. The van der Waals surface area contributed by atoms with E-state index in [4.69, 9.17) is 0 Å². The first kappa shape index (κ1) is 21.7. The number of nitrogens with zero attached hydrogens (tertiary/aromatic N) is 2.